The van der Waals surface area contributed by atoms with Crippen molar-refractivity contribution in [2.45, 2.75) is 32.9 Å². The van der Waals surface area contributed by atoms with Crippen LogP contribution in [0.2, 0.25) is 0 Å². The molecule has 0 fully saturated rings. The molecule has 1 aromatic heterocycles. The van der Waals surface area contributed by atoms with Gasteiger partial charge in [-0.15, -0.1) is 0 Å². The number of aromatic nitrogens is 2. The van der Waals surface area contributed by atoms with E-state index in [2.05, 4.69) is 5.32 Å². The van der Waals surface area contributed by atoms with Crippen LogP contribution < -0.4 is 15.6 Å². The van der Waals surface area contributed by atoms with E-state index in [1.807, 2.05) is 86.6 Å². The Bertz CT molecular complexity index is 1680. The van der Waals surface area contributed by atoms with Gasteiger partial charge in [0.05, 0.1) is 29.7 Å². The van der Waals surface area contributed by atoms with E-state index in [1.54, 1.807) is 46.9 Å². The summed E-state index contributed by atoms with van der Waals surface area (Å²) in [6.45, 7) is 4.33. The summed E-state index contributed by atoms with van der Waals surface area (Å²) in [6, 6.07) is 31.4. The molecule has 1 N–H and O–H groups in total. The maximum Gasteiger partial charge on any atom is 0.322 e. The van der Waals surface area contributed by atoms with Gasteiger partial charge in [0.25, 0.3) is 5.56 Å². The molecule has 0 saturated heterocycles. The summed E-state index contributed by atoms with van der Waals surface area (Å²) < 4.78 is 6.92. The van der Waals surface area contributed by atoms with Gasteiger partial charge in [0.15, 0.2) is 0 Å². The van der Waals surface area contributed by atoms with Crippen LogP contribution in [0.3, 0.4) is 0 Å². The van der Waals surface area contributed by atoms with E-state index in [1.165, 1.54) is 0 Å². The number of methoxy groups -OCH3 is 1. The first-order chi connectivity index (χ1) is 19.5. The highest BCUT2D eigenvalue weighted by Gasteiger charge is 2.29. The van der Waals surface area contributed by atoms with Crippen LogP contribution in [-0.4, -0.2) is 27.6 Å². The van der Waals surface area contributed by atoms with E-state index < -0.39 is 6.04 Å². The molecule has 5 rings (SSSR count). The van der Waals surface area contributed by atoms with Gasteiger partial charge in [-0.25, -0.2) is 9.78 Å². The van der Waals surface area contributed by atoms with Crippen molar-refractivity contribution in [3.05, 3.63) is 130 Å². The fourth-order valence-corrected chi connectivity index (χ4v) is 4.91. The number of carbonyl (C=O) groups is 1. The number of carbonyl (C=O) groups excluding carboxylic acids is 1. The summed E-state index contributed by atoms with van der Waals surface area (Å²) in [5.74, 6) is 1.21. The average molecular weight is 533 g/mol. The van der Waals surface area contributed by atoms with Gasteiger partial charge in [0.2, 0.25) is 0 Å². The largest absolute Gasteiger partial charge is 0.497 e. The summed E-state index contributed by atoms with van der Waals surface area (Å²) in [5.41, 5.74) is 3.78. The van der Waals surface area contributed by atoms with Gasteiger partial charge in [-0.05, 0) is 73.0 Å². The van der Waals surface area contributed by atoms with Gasteiger partial charge in [0, 0.05) is 12.2 Å². The Hall–Kier alpha value is -4.91. The lowest BCUT2D eigenvalue weighted by Crippen LogP contribution is -2.40. The molecular weight excluding hydrogens is 500 g/mol. The fourth-order valence-electron chi connectivity index (χ4n) is 4.91. The number of nitrogens with zero attached hydrogens (tertiary/aromatic N) is 3. The van der Waals surface area contributed by atoms with Crippen LogP contribution in [0.25, 0.3) is 16.6 Å². The summed E-state index contributed by atoms with van der Waals surface area (Å²) in [4.78, 5) is 34.7. The highest BCUT2D eigenvalue weighted by atomic mass is 16.5. The second-order valence-electron chi connectivity index (χ2n) is 9.66. The molecule has 0 bridgehead atoms. The lowest BCUT2D eigenvalue weighted by Gasteiger charge is -2.32. The molecule has 7 nitrogen and oxygen atoms in total. The third kappa shape index (κ3) is 5.59. The van der Waals surface area contributed by atoms with Gasteiger partial charge < -0.3 is 15.0 Å². The van der Waals surface area contributed by atoms with Crippen LogP contribution in [0.1, 0.15) is 36.3 Å². The molecule has 0 aliphatic heterocycles. The quantitative estimate of drug-likeness (QED) is 0.236. The first kappa shape index (κ1) is 26.7. The zero-order valence-corrected chi connectivity index (χ0v) is 22.9. The van der Waals surface area contributed by atoms with Crippen LogP contribution in [0.4, 0.5) is 10.5 Å². The Labute approximate surface area is 233 Å². The zero-order valence-electron chi connectivity index (χ0n) is 22.9. The number of ether oxygens (including phenoxy) is 1. The smallest absolute Gasteiger partial charge is 0.322 e. The third-order valence-electron chi connectivity index (χ3n) is 6.92. The molecule has 0 spiro atoms. The minimum absolute atomic E-state index is 0.167. The number of nitrogens with one attached hydrogen (secondary N) is 1. The number of rotatable bonds is 8. The van der Waals surface area contributed by atoms with E-state index in [9.17, 15) is 9.59 Å². The van der Waals surface area contributed by atoms with E-state index in [0.717, 1.165) is 11.1 Å². The van der Waals surface area contributed by atoms with Crippen molar-refractivity contribution in [3.8, 4) is 11.4 Å². The average Bonchev–Trinajstić information content (AvgIpc) is 2.98. The first-order valence-electron chi connectivity index (χ1n) is 13.3. The lowest BCUT2D eigenvalue weighted by molar-refractivity contribution is 0.177. The van der Waals surface area contributed by atoms with Crippen LogP contribution in [0, 0.1) is 6.92 Å². The maximum atomic E-state index is 14.0. The number of fused-ring (bicyclic) bond motifs is 1. The number of anilines is 1. The normalized spacial score (nSPS) is 11.7. The second-order valence-corrected chi connectivity index (χ2v) is 9.66. The van der Waals surface area contributed by atoms with Crippen molar-refractivity contribution in [1.29, 1.82) is 0 Å². The Morgan fingerprint density at radius 2 is 1.68 bits per heavy atom. The minimum atomic E-state index is -0.503. The van der Waals surface area contributed by atoms with E-state index in [-0.39, 0.29) is 11.6 Å². The fraction of sp³-hybridized carbons (Fsp3) is 0.182. The number of para-hydroxylation sites is 1. The highest BCUT2D eigenvalue weighted by Crippen LogP contribution is 2.29. The molecular formula is C33H32N4O3. The Morgan fingerprint density at radius 1 is 0.950 bits per heavy atom. The van der Waals surface area contributed by atoms with Crippen molar-refractivity contribution in [2.75, 3.05) is 12.4 Å². The predicted octanol–water partition coefficient (Wildman–Crippen LogP) is 6.89. The number of urea groups is 1. The van der Waals surface area contributed by atoms with Crippen LogP contribution in [0.15, 0.2) is 108 Å². The number of hydrogen-bond acceptors (Lipinski definition) is 4. The lowest BCUT2D eigenvalue weighted by atomic mass is 10.1. The predicted molar refractivity (Wildman–Crippen MR) is 159 cm³/mol. The SMILES string of the molecule is CCC(c1nc2ccccc2c(=O)n1-c1cccc(C)c1)N(Cc1ccccc1)C(=O)Nc1ccc(OC)cc1. The summed E-state index contributed by atoms with van der Waals surface area (Å²) >= 11 is 0. The van der Waals surface area contributed by atoms with Gasteiger partial charge in [-0.1, -0.05) is 61.5 Å². The first-order valence-corrected chi connectivity index (χ1v) is 13.3. The summed E-state index contributed by atoms with van der Waals surface area (Å²) in [5, 5.41) is 3.56. The molecule has 0 saturated carbocycles. The second kappa shape index (κ2) is 11.9. The van der Waals surface area contributed by atoms with Gasteiger partial charge in [-0.2, -0.15) is 0 Å². The van der Waals surface area contributed by atoms with E-state index >= 15 is 0 Å². The topological polar surface area (TPSA) is 76.5 Å². The molecule has 202 valence electrons. The molecule has 7 heteroatoms. The molecule has 40 heavy (non-hydrogen) atoms. The molecule has 0 aliphatic carbocycles. The molecule has 1 heterocycles. The standard InChI is InChI=1S/C33H32N4O3/c1-4-30(31-35-29-16-9-8-15-28(29)32(38)37(31)26-14-10-11-23(2)21-26)36(22-24-12-6-5-7-13-24)33(39)34-25-17-19-27(40-3)20-18-25/h5-21,30H,4,22H2,1-3H3,(H,34,39). The van der Waals surface area contributed by atoms with Gasteiger partial charge >= 0.3 is 6.03 Å². The molecule has 0 aliphatic rings. The molecule has 5 aromatic rings. The summed E-state index contributed by atoms with van der Waals surface area (Å²) in [7, 11) is 1.60. The molecule has 2 amide bonds. The van der Waals surface area contributed by atoms with E-state index in [0.29, 0.717) is 46.8 Å². The van der Waals surface area contributed by atoms with E-state index in [4.69, 9.17) is 9.72 Å². The molecule has 4 aromatic carbocycles. The van der Waals surface area contributed by atoms with Crippen molar-refractivity contribution >= 4 is 22.6 Å². The van der Waals surface area contributed by atoms with Crippen molar-refractivity contribution in [1.82, 2.24) is 14.5 Å². The van der Waals surface area contributed by atoms with Gasteiger partial charge in [-0.3, -0.25) is 9.36 Å². The minimum Gasteiger partial charge on any atom is -0.497 e. The number of benzene rings is 4. The monoisotopic (exact) mass is 532 g/mol. The highest BCUT2D eigenvalue weighted by molar-refractivity contribution is 5.89. The third-order valence-corrected chi connectivity index (χ3v) is 6.92. The molecule has 0 radical (unpaired) electrons. The maximum absolute atomic E-state index is 14.0. The number of amides is 2. The number of hydrogen-bond donors (Lipinski definition) is 1. The van der Waals surface area contributed by atoms with Crippen molar-refractivity contribution in [2.24, 2.45) is 0 Å². The van der Waals surface area contributed by atoms with Crippen molar-refractivity contribution in [3.63, 3.8) is 0 Å². The van der Waals surface area contributed by atoms with Crippen molar-refractivity contribution < 1.29 is 9.53 Å². The Kier molecular flexibility index (Phi) is 7.92. The van der Waals surface area contributed by atoms with Crippen LogP contribution >= 0.6 is 0 Å². The Morgan fingerprint density at radius 3 is 2.38 bits per heavy atom. The summed E-state index contributed by atoms with van der Waals surface area (Å²) in [6.07, 6.45) is 0.541. The zero-order chi connectivity index (χ0) is 28.1. The Balaban J connectivity index is 1.66. The molecule has 1 unspecified atom stereocenters. The number of aryl methyl sites for hydroxylation is 1. The molecule has 1 atom stereocenters. The van der Waals surface area contributed by atoms with Crippen LogP contribution in [0.5, 0.6) is 5.75 Å². The van der Waals surface area contributed by atoms with Crippen LogP contribution in [-0.2, 0) is 6.54 Å². The van der Waals surface area contributed by atoms with Gasteiger partial charge in [0.1, 0.15) is 11.6 Å².